The molecule has 0 bridgehead atoms. The third kappa shape index (κ3) is 2.83. The molecule has 0 aromatic heterocycles. The average molecular weight is 235 g/mol. The molecule has 2 aromatic rings. The van der Waals surface area contributed by atoms with Crippen LogP contribution >= 0.6 is 0 Å². The van der Waals surface area contributed by atoms with Crippen LogP contribution in [0.1, 0.15) is 28.3 Å². The van der Waals surface area contributed by atoms with Gasteiger partial charge in [0.25, 0.3) is 0 Å². The largest absolute Gasteiger partial charge is 0.294 e. The standard InChI is InChI=1S/C16H13NO/c17-12-15(13-7-3-1-4-8-13)11-16(18)14-9-5-2-6-10-14/h1-10,15H,11H2/t15-/m0/s1. The molecule has 0 aliphatic carbocycles. The Morgan fingerprint density at radius 1 is 1.00 bits per heavy atom. The number of hydrogen-bond donors (Lipinski definition) is 0. The lowest BCUT2D eigenvalue weighted by Gasteiger charge is -2.08. The molecule has 0 spiro atoms. The number of nitriles is 1. The SMILES string of the molecule is N#C[C@H](CC(=O)c1ccccc1)c1ccccc1. The molecule has 0 radical (unpaired) electrons. The van der Waals surface area contributed by atoms with Crippen molar-refractivity contribution in [3.8, 4) is 6.07 Å². The van der Waals surface area contributed by atoms with Crippen LogP contribution in [0.25, 0.3) is 0 Å². The van der Waals surface area contributed by atoms with E-state index in [4.69, 9.17) is 0 Å². The van der Waals surface area contributed by atoms with Gasteiger partial charge in [0.05, 0.1) is 12.0 Å². The van der Waals surface area contributed by atoms with Crippen LogP contribution in [0, 0.1) is 11.3 Å². The second-order valence-electron chi connectivity index (χ2n) is 4.09. The van der Waals surface area contributed by atoms with Gasteiger partial charge in [0.2, 0.25) is 0 Å². The first-order valence-electron chi connectivity index (χ1n) is 5.84. The normalized spacial score (nSPS) is 11.5. The summed E-state index contributed by atoms with van der Waals surface area (Å²) in [5, 5.41) is 9.17. The molecule has 2 nitrogen and oxygen atoms in total. The Labute approximate surface area is 107 Å². The predicted molar refractivity (Wildman–Crippen MR) is 70.2 cm³/mol. The molecule has 18 heavy (non-hydrogen) atoms. The minimum atomic E-state index is -0.376. The molecular weight excluding hydrogens is 222 g/mol. The van der Waals surface area contributed by atoms with Crippen molar-refractivity contribution in [1.82, 2.24) is 0 Å². The number of carbonyl (C=O) groups is 1. The lowest BCUT2D eigenvalue weighted by atomic mass is 9.93. The molecule has 2 aromatic carbocycles. The first-order valence-corrected chi connectivity index (χ1v) is 5.84. The highest BCUT2D eigenvalue weighted by Gasteiger charge is 2.16. The molecular formula is C16H13NO. The Bertz CT molecular complexity index is 555. The van der Waals surface area contributed by atoms with Crippen molar-refractivity contribution in [3.05, 3.63) is 71.8 Å². The summed E-state index contributed by atoms with van der Waals surface area (Å²) in [5.74, 6) is -0.370. The number of Topliss-reactive ketones (excluding diaryl/α,β-unsaturated/α-hetero) is 1. The van der Waals surface area contributed by atoms with Crippen LogP contribution in [0.2, 0.25) is 0 Å². The van der Waals surface area contributed by atoms with E-state index in [1.165, 1.54) is 0 Å². The van der Waals surface area contributed by atoms with Gasteiger partial charge in [0.1, 0.15) is 0 Å². The lowest BCUT2D eigenvalue weighted by Crippen LogP contribution is -2.06. The maximum absolute atomic E-state index is 12.0. The van der Waals surface area contributed by atoms with Gasteiger partial charge in [-0.15, -0.1) is 0 Å². The molecule has 0 N–H and O–H groups in total. The van der Waals surface area contributed by atoms with Gasteiger partial charge in [-0.25, -0.2) is 0 Å². The topological polar surface area (TPSA) is 40.9 Å². The van der Waals surface area contributed by atoms with Crippen LogP contribution in [0.5, 0.6) is 0 Å². The van der Waals surface area contributed by atoms with Gasteiger partial charge in [-0.2, -0.15) is 5.26 Å². The molecule has 0 saturated heterocycles. The Morgan fingerprint density at radius 2 is 1.56 bits per heavy atom. The summed E-state index contributed by atoms with van der Waals surface area (Å²) in [7, 11) is 0. The van der Waals surface area contributed by atoms with Crippen LogP contribution in [-0.2, 0) is 0 Å². The van der Waals surface area contributed by atoms with Crippen molar-refractivity contribution in [2.24, 2.45) is 0 Å². The van der Waals surface area contributed by atoms with Crippen LogP contribution < -0.4 is 0 Å². The zero-order chi connectivity index (χ0) is 12.8. The summed E-state index contributed by atoms with van der Waals surface area (Å²) in [4.78, 5) is 12.0. The summed E-state index contributed by atoms with van der Waals surface area (Å²) in [5.41, 5.74) is 1.55. The number of rotatable bonds is 4. The van der Waals surface area contributed by atoms with Crippen molar-refractivity contribution in [2.75, 3.05) is 0 Å². The number of hydrogen-bond acceptors (Lipinski definition) is 2. The molecule has 0 saturated carbocycles. The Morgan fingerprint density at radius 3 is 2.11 bits per heavy atom. The van der Waals surface area contributed by atoms with Crippen molar-refractivity contribution in [2.45, 2.75) is 12.3 Å². The molecule has 0 amide bonds. The van der Waals surface area contributed by atoms with Gasteiger partial charge in [-0.1, -0.05) is 60.7 Å². The van der Waals surface area contributed by atoms with Gasteiger partial charge in [-0.3, -0.25) is 4.79 Å². The maximum atomic E-state index is 12.0. The van der Waals surface area contributed by atoms with E-state index >= 15 is 0 Å². The third-order valence-electron chi connectivity index (χ3n) is 2.84. The summed E-state index contributed by atoms with van der Waals surface area (Å²) < 4.78 is 0. The highest BCUT2D eigenvalue weighted by atomic mass is 16.1. The first kappa shape index (κ1) is 12.1. The number of nitrogens with zero attached hydrogens (tertiary/aromatic N) is 1. The van der Waals surface area contributed by atoms with Crippen LogP contribution in [0.15, 0.2) is 60.7 Å². The number of ketones is 1. The van der Waals surface area contributed by atoms with Gasteiger partial charge < -0.3 is 0 Å². The van der Waals surface area contributed by atoms with Crippen molar-refractivity contribution >= 4 is 5.78 Å². The summed E-state index contributed by atoms with van der Waals surface area (Å²) >= 11 is 0. The zero-order valence-electron chi connectivity index (χ0n) is 9.91. The quantitative estimate of drug-likeness (QED) is 0.760. The van der Waals surface area contributed by atoms with E-state index in [2.05, 4.69) is 6.07 Å². The van der Waals surface area contributed by atoms with Gasteiger partial charge in [-0.05, 0) is 5.56 Å². The minimum Gasteiger partial charge on any atom is -0.294 e. The maximum Gasteiger partial charge on any atom is 0.164 e. The van der Waals surface area contributed by atoms with E-state index in [0.717, 1.165) is 5.56 Å². The van der Waals surface area contributed by atoms with Gasteiger partial charge in [0.15, 0.2) is 5.78 Å². The van der Waals surface area contributed by atoms with E-state index < -0.39 is 0 Å². The third-order valence-corrected chi connectivity index (χ3v) is 2.84. The fraction of sp³-hybridized carbons (Fsp3) is 0.125. The second kappa shape index (κ2) is 5.79. The molecule has 0 aliphatic rings. The van der Waals surface area contributed by atoms with Gasteiger partial charge in [0, 0.05) is 12.0 Å². The van der Waals surface area contributed by atoms with E-state index in [9.17, 15) is 10.1 Å². The summed E-state index contributed by atoms with van der Waals surface area (Å²) in [6.07, 6.45) is 0.227. The Balaban J connectivity index is 2.14. The molecule has 0 fully saturated rings. The molecule has 2 heteroatoms. The highest BCUT2D eigenvalue weighted by Crippen LogP contribution is 2.20. The van der Waals surface area contributed by atoms with Crippen molar-refractivity contribution in [3.63, 3.8) is 0 Å². The zero-order valence-corrected chi connectivity index (χ0v) is 9.91. The van der Waals surface area contributed by atoms with E-state index in [1.807, 2.05) is 48.5 Å². The fourth-order valence-corrected chi connectivity index (χ4v) is 1.85. The second-order valence-corrected chi connectivity index (χ2v) is 4.09. The van der Waals surface area contributed by atoms with E-state index in [1.54, 1.807) is 12.1 Å². The van der Waals surface area contributed by atoms with Crippen LogP contribution in [0.3, 0.4) is 0 Å². The molecule has 0 heterocycles. The Kier molecular flexibility index (Phi) is 3.88. The smallest absolute Gasteiger partial charge is 0.164 e. The highest BCUT2D eigenvalue weighted by molar-refractivity contribution is 5.96. The van der Waals surface area contributed by atoms with Gasteiger partial charge >= 0.3 is 0 Å². The van der Waals surface area contributed by atoms with Crippen LogP contribution in [0.4, 0.5) is 0 Å². The molecule has 2 rings (SSSR count). The first-order chi connectivity index (χ1) is 8.81. The van der Waals surface area contributed by atoms with Crippen LogP contribution in [-0.4, -0.2) is 5.78 Å². The molecule has 1 atom stereocenters. The monoisotopic (exact) mass is 235 g/mol. The van der Waals surface area contributed by atoms with E-state index in [-0.39, 0.29) is 18.1 Å². The average Bonchev–Trinajstić information content (AvgIpc) is 2.46. The molecule has 88 valence electrons. The number of benzene rings is 2. The fourth-order valence-electron chi connectivity index (χ4n) is 1.85. The summed E-state index contributed by atoms with van der Waals surface area (Å²) in [6, 6.07) is 20.7. The molecule has 0 aliphatic heterocycles. The van der Waals surface area contributed by atoms with E-state index in [0.29, 0.717) is 5.56 Å². The lowest BCUT2D eigenvalue weighted by molar-refractivity contribution is 0.0979. The van der Waals surface area contributed by atoms with Crippen molar-refractivity contribution in [1.29, 1.82) is 5.26 Å². The Hall–Kier alpha value is -2.40. The summed E-state index contributed by atoms with van der Waals surface area (Å²) in [6.45, 7) is 0. The molecule has 0 unspecified atom stereocenters. The predicted octanol–water partition coefficient (Wildman–Crippen LogP) is 3.57. The number of carbonyl (C=O) groups excluding carboxylic acids is 1. The van der Waals surface area contributed by atoms with Crippen molar-refractivity contribution < 1.29 is 4.79 Å². The minimum absolute atomic E-state index is 0.00556.